The number of rotatable bonds is 3. The van der Waals surface area contributed by atoms with E-state index in [0.29, 0.717) is 4.90 Å². The Hall–Kier alpha value is -0.870. The highest BCUT2D eigenvalue weighted by Crippen LogP contribution is 2.24. The summed E-state index contributed by atoms with van der Waals surface area (Å²) in [6.07, 6.45) is 0. The van der Waals surface area contributed by atoms with Crippen molar-refractivity contribution < 1.29 is 8.42 Å². The number of sulfone groups is 1. The van der Waals surface area contributed by atoms with Gasteiger partial charge in [-0.15, -0.1) is 0 Å². The van der Waals surface area contributed by atoms with E-state index in [-0.39, 0.29) is 11.2 Å². The molecule has 3 nitrogen and oxygen atoms in total. The van der Waals surface area contributed by atoms with Gasteiger partial charge in [0.05, 0.1) is 10.6 Å². The minimum absolute atomic E-state index is 0.0232. The van der Waals surface area contributed by atoms with Gasteiger partial charge in [0, 0.05) is 5.54 Å². The fourth-order valence-corrected chi connectivity index (χ4v) is 3.43. The van der Waals surface area contributed by atoms with Gasteiger partial charge in [-0.2, -0.15) is 0 Å². The van der Waals surface area contributed by atoms with Crippen LogP contribution >= 0.6 is 0 Å². The van der Waals surface area contributed by atoms with E-state index in [1.165, 1.54) is 0 Å². The number of hydrogen-bond acceptors (Lipinski definition) is 3. The normalized spacial score (nSPS) is 13.7. The number of benzene rings is 1. The summed E-state index contributed by atoms with van der Waals surface area (Å²) in [6.45, 7) is 9.72. The maximum absolute atomic E-state index is 12.1. The van der Waals surface area contributed by atoms with E-state index < -0.39 is 15.4 Å². The average Bonchev–Trinajstić information content (AvgIpc) is 2.13. The van der Waals surface area contributed by atoms with Gasteiger partial charge in [-0.3, -0.25) is 0 Å². The van der Waals surface area contributed by atoms with Crippen LogP contribution in [0.15, 0.2) is 29.2 Å². The van der Waals surface area contributed by atoms with Crippen molar-refractivity contribution in [3.8, 4) is 0 Å². The van der Waals surface area contributed by atoms with Gasteiger partial charge < -0.3 is 5.73 Å². The number of nitrogens with two attached hydrogens (primary N) is 1. The van der Waals surface area contributed by atoms with Crippen LogP contribution < -0.4 is 5.73 Å². The molecule has 0 saturated carbocycles. The maximum Gasteiger partial charge on any atom is 0.180 e. The van der Waals surface area contributed by atoms with Crippen LogP contribution in [0.1, 0.15) is 40.2 Å². The second-order valence-corrected chi connectivity index (χ2v) is 8.51. The van der Waals surface area contributed by atoms with Gasteiger partial charge >= 0.3 is 0 Å². The highest BCUT2D eigenvalue weighted by molar-refractivity contribution is 7.91. The molecule has 0 aromatic heterocycles. The van der Waals surface area contributed by atoms with Gasteiger partial charge in [-0.05, 0) is 37.0 Å². The Balaban J connectivity index is 3.06. The highest BCUT2D eigenvalue weighted by Gasteiger charge is 2.24. The summed E-state index contributed by atoms with van der Waals surface area (Å²) in [5, 5.41) is 0. The zero-order valence-corrected chi connectivity index (χ0v) is 12.6. The lowest BCUT2D eigenvalue weighted by Gasteiger charge is -2.21. The molecule has 0 heterocycles. The molecule has 0 fully saturated rings. The molecule has 2 N–H and O–H groups in total. The molecule has 102 valence electrons. The van der Waals surface area contributed by atoms with Crippen molar-refractivity contribution in [1.29, 1.82) is 0 Å². The first-order valence-electron chi connectivity index (χ1n) is 6.04. The summed E-state index contributed by atoms with van der Waals surface area (Å²) >= 11 is 0. The molecule has 0 atom stereocenters. The Morgan fingerprint density at radius 3 is 1.78 bits per heavy atom. The summed E-state index contributed by atoms with van der Waals surface area (Å²) in [5.41, 5.74) is 6.20. The first-order chi connectivity index (χ1) is 7.92. The molecule has 0 amide bonds. The van der Waals surface area contributed by atoms with Gasteiger partial charge in [0.2, 0.25) is 0 Å². The van der Waals surface area contributed by atoms with Gasteiger partial charge in [-0.1, -0.05) is 32.9 Å². The van der Waals surface area contributed by atoms with Crippen molar-refractivity contribution in [2.45, 2.75) is 50.5 Å². The Morgan fingerprint density at radius 2 is 1.44 bits per heavy atom. The first-order valence-corrected chi connectivity index (χ1v) is 7.69. The van der Waals surface area contributed by atoms with E-state index in [1.54, 1.807) is 26.0 Å². The van der Waals surface area contributed by atoms with Crippen molar-refractivity contribution in [3.05, 3.63) is 29.8 Å². The molecule has 0 radical (unpaired) electrons. The molecule has 0 aliphatic carbocycles. The second-order valence-electron chi connectivity index (χ2n) is 6.52. The van der Waals surface area contributed by atoms with Crippen LogP contribution in [0, 0.1) is 0 Å². The SMILES string of the molecule is CC(C)(N)CS(=O)(=O)c1ccc(C(C)(C)C)cc1. The van der Waals surface area contributed by atoms with Crippen LogP contribution in [-0.2, 0) is 15.3 Å². The molecule has 0 spiro atoms. The lowest BCUT2D eigenvalue weighted by molar-refractivity contribution is 0.544. The third-order valence-corrected chi connectivity index (χ3v) is 4.76. The zero-order chi connectivity index (χ0) is 14.2. The van der Waals surface area contributed by atoms with Crippen LogP contribution in [0.25, 0.3) is 0 Å². The Kier molecular flexibility index (Phi) is 3.94. The van der Waals surface area contributed by atoms with E-state index in [0.717, 1.165) is 5.56 Å². The van der Waals surface area contributed by atoms with Crippen molar-refractivity contribution in [1.82, 2.24) is 0 Å². The fraction of sp³-hybridized carbons (Fsp3) is 0.571. The molecule has 0 aliphatic heterocycles. The van der Waals surface area contributed by atoms with Crippen molar-refractivity contribution in [2.24, 2.45) is 5.73 Å². The summed E-state index contributed by atoms with van der Waals surface area (Å²) < 4.78 is 24.3. The summed E-state index contributed by atoms with van der Waals surface area (Å²) in [6, 6.07) is 7.08. The molecule has 1 rings (SSSR count). The zero-order valence-electron chi connectivity index (χ0n) is 11.8. The minimum atomic E-state index is -3.31. The molecule has 1 aromatic carbocycles. The van der Waals surface area contributed by atoms with Crippen molar-refractivity contribution >= 4 is 9.84 Å². The highest BCUT2D eigenvalue weighted by atomic mass is 32.2. The largest absolute Gasteiger partial charge is 0.325 e. The standard InChI is InChI=1S/C14H23NO2S/c1-13(2,3)11-6-8-12(9-7-11)18(16,17)10-14(4,5)15/h6-9H,10,15H2,1-5H3. The van der Waals surface area contributed by atoms with E-state index in [2.05, 4.69) is 20.8 Å². The van der Waals surface area contributed by atoms with Gasteiger partial charge in [0.25, 0.3) is 0 Å². The average molecular weight is 269 g/mol. The summed E-state index contributed by atoms with van der Waals surface area (Å²) in [4.78, 5) is 0.342. The predicted octanol–water partition coefficient (Wildman–Crippen LogP) is 2.50. The van der Waals surface area contributed by atoms with E-state index in [4.69, 9.17) is 5.73 Å². The molecule has 4 heteroatoms. The van der Waals surface area contributed by atoms with Crippen molar-refractivity contribution in [3.63, 3.8) is 0 Å². The smallest absolute Gasteiger partial charge is 0.180 e. The Morgan fingerprint density at radius 1 is 1.00 bits per heavy atom. The maximum atomic E-state index is 12.1. The topological polar surface area (TPSA) is 60.2 Å². The van der Waals surface area contributed by atoms with E-state index in [1.807, 2.05) is 12.1 Å². The van der Waals surface area contributed by atoms with E-state index >= 15 is 0 Å². The quantitative estimate of drug-likeness (QED) is 0.917. The van der Waals surface area contributed by atoms with Crippen molar-refractivity contribution in [2.75, 3.05) is 5.75 Å². The third kappa shape index (κ3) is 4.10. The van der Waals surface area contributed by atoms with Crippen LogP contribution in [-0.4, -0.2) is 19.7 Å². The van der Waals surface area contributed by atoms with Gasteiger partial charge in [0.1, 0.15) is 0 Å². The molecular weight excluding hydrogens is 246 g/mol. The molecule has 1 aromatic rings. The first kappa shape index (κ1) is 15.2. The lowest BCUT2D eigenvalue weighted by atomic mass is 9.87. The molecule has 0 saturated heterocycles. The molecule has 0 aliphatic rings. The molecular formula is C14H23NO2S. The third-order valence-electron chi connectivity index (χ3n) is 2.64. The molecule has 0 unspecified atom stereocenters. The van der Waals surface area contributed by atoms with Crippen LogP contribution in [0.5, 0.6) is 0 Å². The predicted molar refractivity (Wildman–Crippen MR) is 75.5 cm³/mol. The van der Waals surface area contributed by atoms with Crippen LogP contribution in [0.4, 0.5) is 0 Å². The molecule has 0 bridgehead atoms. The fourth-order valence-electron chi connectivity index (χ4n) is 1.74. The Bertz CT molecular complexity index is 502. The minimum Gasteiger partial charge on any atom is -0.325 e. The summed E-state index contributed by atoms with van der Waals surface area (Å²) in [7, 11) is -3.31. The van der Waals surface area contributed by atoms with Gasteiger partial charge in [-0.25, -0.2) is 8.42 Å². The van der Waals surface area contributed by atoms with Crippen LogP contribution in [0.2, 0.25) is 0 Å². The second kappa shape index (κ2) is 4.67. The van der Waals surface area contributed by atoms with E-state index in [9.17, 15) is 8.42 Å². The summed E-state index contributed by atoms with van der Waals surface area (Å²) in [5.74, 6) is -0.0468. The van der Waals surface area contributed by atoms with Gasteiger partial charge in [0.15, 0.2) is 9.84 Å². The Labute approximate surface area is 110 Å². The number of hydrogen-bond donors (Lipinski definition) is 1. The monoisotopic (exact) mass is 269 g/mol. The van der Waals surface area contributed by atoms with Crippen LogP contribution in [0.3, 0.4) is 0 Å². The molecule has 18 heavy (non-hydrogen) atoms. The lowest BCUT2D eigenvalue weighted by Crippen LogP contribution is -2.39.